The molecule has 0 saturated carbocycles. The molecule has 31 heavy (non-hydrogen) atoms. The number of methoxy groups -OCH3 is 1. The van der Waals surface area contributed by atoms with Gasteiger partial charge in [-0.1, -0.05) is 6.07 Å². The van der Waals surface area contributed by atoms with E-state index in [2.05, 4.69) is 4.74 Å². The maximum atomic E-state index is 12.9. The van der Waals surface area contributed by atoms with Crippen LogP contribution in [0.15, 0.2) is 29.5 Å². The van der Waals surface area contributed by atoms with Gasteiger partial charge in [0, 0.05) is 18.5 Å². The van der Waals surface area contributed by atoms with Crippen molar-refractivity contribution in [2.45, 2.75) is 38.7 Å². The third-order valence-corrected chi connectivity index (χ3v) is 4.50. The highest BCUT2D eigenvalue weighted by Gasteiger charge is 2.42. The van der Waals surface area contributed by atoms with Crippen LogP contribution < -0.4 is 14.8 Å². The fraction of sp³-hybridized carbons (Fsp3) is 0.421. The molecular formula is C19H21F3N2O7. The number of hydrogen-bond donors (Lipinski definition) is 3. The van der Waals surface area contributed by atoms with Gasteiger partial charge in [-0.25, -0.2) is 0 Å². The monoisotopic (exact) mass is 446 g/mol. The van der Waals surface area contributed by atoms with E-state index in [1.54, 1.807) is 13.8 Å². The maximum absolute atomic E-state index is 12.9. The smallest absolute Gasteiger partial charge is 0.511 e. The van der Waals surface area contributed by atoms with Gasteiger partial charge >= 0.3 is 12.3 Å². The molecule has 1 aliphatic heterocycles. The summed E-state index contributed by atoms with van der Waals surface area (Å²) in [4.78, 5) is 37.0. The molecule has 3 N–H and O–H groups in total. The highest BCUT2D eigenvalue weighted by molar-refractivity contribution is 6.19. The topological polar surface area (TPSA) is 125 Å². The van der Waals surface area contributed by atoms with Crippen LogP contribution >= 0.6 is 0 Å². The Morgan fingerprint density at radius 2 is 1.90 bits per heavy atom. The Kier molecular flexibility index (Phi) is 6.72. The molecule has 1 aromatic carbocycles. The van der Waals surface area contributed by atoms with Crippen molar-refractivity contribution in [3.8, 4) is 11.5 Å². The minimum absolute atomic E-state index is 0.128. The van der Waals surface area contributed by atoms with Crippen molar-refractivity contribution in [2.75, 3.05) is 13.7 Å². The van der Waals surface area contributed by atoms with Gasteiger partial charge < -0.3 is 29.9 Å². The molecule has 0 saturated heterocycles. The molecule has 9 nitrogen and oxygen atoms in total. The fourth-order valence-electron chi connectivity index (χ4n) is 3.09. The maximum Gasteiger partial charge on any atom is 0.573 e. The number of ether oxygens (including phenoxy) is 2. The van der Waals surface area contributed by atoms with Gasteiger partial charge in [0.05, 0.1) is 7.11 Å². The second-order valence-corrected chi connectivity index (χ2v) is 7.31. The lowest BCUT2D eigenvalue weighted by atomic mass is 9.88. The molecule has 1 heterocycles. The lowest BCUT2D eigenvalue weighted by Crippen LogP contribution is -2.53. The minimum atomic E-state index is -4.96. The minimum Gasteiger partial charge on any atom is -0.511 e. The molecule has 2 amide bonds. The summed E-state index contributed by atoms with van der Waals surface area (Å²) in [7, 11) is 1.17. The summed E-state index contributed by atoms with van der Waals surface area (Å²) in [6.07, 6.45) is -5.09. The number of carbonyl (C=O) groups is 3. The van der Waals surface area contributed by atoms with Crippen molar-refractivity contribution < 1.29 is 47.2 Å². The number of alkyl halides is 3. The molecule has 1 aromatic rings. The highest BCUT2D eigenvalue weighted by atomic mass is 19.4. The summed E-state index contributed by atoms with van der Waals surface area (Å²) in [5.74, 6) is -4.59. The van der Waals surface area contributed by atoms with E-state index in [0.29, 0.717) is 0 Å². The Morgan fingerprint density at radius 3 is 2.45 bits per heavy atom. The van der Waals surface area contributed by atoms with Gasteiger partial charge in [0.15, 0.2) is 11.5 Å². The first-order chi connectivity index (χ1) is 14.2. The standard InChI is InChI=1S/C19H21F3N2O7/c1-18(2)7-11(25)15(16(28)23-8-14(26)27)17(29)24(18)9-10-4-5-12(30-3)13(6-10)31-19(20,21)22/h4-6,25H,7-9H2,1-3H3,(H,23,28)(H,26,27). The Hall–Kier alpha value is -3.44. The van der Waals surface area contributed by atoms with E-state index in [1.165, 1.54) is 24.1 Å². The Morgan fingerprint density at radius 1 is 1.26 bits per heavy atom. The first-order valence-electron chi connectivity index (χ1n) is 8.92. The van der Waals surface area contributed by atoms with Crippen LogP contribution in [0, 0.1) is 0 Å². The van der Waals surface area contributed by atoms with E-state index in [4.69, 9.17) is 9.84 Å². The molecule has 0 atom stereocenters. The number of amides is 2. The summed E-state index contributed by atoms with van der Waals surface area (Å²) < 4.78 is 46.9. The van der Waals surface area contributed by atoms with Crippen molar-refractivity contribution in [1.82, 2.24) is 10.2 Å². The fourth-order valence-corrected chi connectivity index (χ4v) is 3.09. The zero-order valence-corrected chi connectivity index (χ0v) is 16.9. The molecule has 2 rings (SSSR count). The molecule has 0 spiro atoms. The Balaban J connectivity index is 2.35. The average molecular weight is 446 g/mol. The third-order valence-electron chi connectivity index (χ3n) is 4.50. The van der Waals surface area contributed by atoms with Crippen molar-refractivity contribution >= 4 is 17.8 Å². The summed E-state index contributed by atoms with van der Waals surface area (Å²) in [5, 5.41) is 20.9. The summed E-state index contributed by atoms with van der Waals surface area (Å²) in [6.45, 7) is 2.23. The molecule has 12 heteroatoms. The SMILES string of the molecule is COc1ccc(CN2C(=O)C(C(=O)NCC(=O)O)=C(O)CC2(C)C)cc1OC(F)(F)F. The van der Waals surface area contributed by atoms with Crippen molar-refractivity contribution in [1.29, 1.82) is 0 Å². The lowest BCUT2D eigenvalue weighted by Gasteiger charge is -2.42. The molecule has 0 unspecified atom stereocenters. The van der Waals surface area contributed by atoms with Gasteiger partial charge in [-0.05, 0) is 31.5 Å². The van der Waals surface area contributed by atoms with Crippen LogP contribution in [0.2, 0.25) is 0 Å². The Labute approximate surface area is 175 Å². The molecule has 0 fully saturated rings. The number of rotatable bonds is 7. The number of carbonyl (C=O) groups excluding carboxylic acids is 2. The molecule has 1 aliphatic rings. The lowest BCUT2D eigenvalue weighted by molar-refractivity contribution is -0.275. The molecule has 0 aromatic heterocycles. The summed E-state index contributed by atoms with van der Waals surface area (Å²) in [6, 6.07) is 3.72. The van der Waals surface area contributed by atoms with Crippen LogP contribution in [0.5, 0.6) is 11.5 Å². The number of aliphatic carboxylic acids is 1. The number of nitrogens with one attached hydrogen (secondary N) is 1. The van der Waals surface area contributed by atoms with Crippen LogP contribution in [0.25, 0.3) is 0 Å². The number of aliphatic hydroxyl groups is 1. The van der Waals surface area contributed by atoms with E-state index < -0.39 is 53.3 Å². The van der Waals surface area contributed by atoms with E-state index in [9.17, 15) is 32.7 Å². The first-order valence-corrected chi connectivity index (χ1v) is 8.92. The van der Waals surface area contributed by atoms with Gasteiger partial charge in [0.1, 0.15) is 17.9 Å². The largest absolute Gasteiger partial charge is 0.573 e. The van der Waals surface area contributed by atoms with Crippen LogP contribution in [0.3, 0.4) is 0 Å². The molecule has 0 bridgehead atoms. The van der Waals surface area contributed by atoms with E-state index >= 15 is 0 Å². The first kappa shape index (κ1) is 23.8. The predicted molar refractivity (Wildman–Crippen MR) is 99.2 cm³/mol. The Bertz CT molecular complexity index is 926. The quantitative estimate of drug-likeness (QED) is 0.548. The van der Waals surface area contributed by atoms with Crippen molar-refractivity contribution in [3.63, 3.8) is 0 Å². The van der Waals surface area contributed by atoms with Crippen LogP contribution in [0.1, 0.15) is 25.8 Å². The predicted octanol–water partition coefficient (Wildman–Crippen LogP) is 2.12. The molecule has 170 valence electrons. The molecule has 0 aliphatic carbocycles. The molecular weight excluding hydrogens is 425 g/mol. The van der Waals surface area contributed by atoms with Gasteiger partial charge in [0.25, 0.3) is 11.8 Å². The second kappa shape index (κ2) is 8.74. The number of carboxylic acids is 1. The number of hydrogen-bond acceptors (Lipinski definition) is 6. The van der Waals surface area contributed by atoms with Gasteiger partial charge in [-0.2, -0.15) is 0 Å². The number of nitrogens with zero attached hydrogens (tertiary/aromatic N) is 1. The zero-order chi connectivity index (χ0) is 23.6. The van der Waals surface area contributed by atoms with Crippen LogP contribution in [-0.2, 0) is 20.9 Å². The normalized spacial score (nSPS) is 16.2. The van der Waals surface area contributed by atoms with Crippen LogP contribution in [-0.4, -0.2) is 58.5 Å². The second-order valence-electron chi connectivity index (χ2n) is 7.31. The van der Waals surface area contributed by atoms with E-state index in [1.807, 2.05) is 5.32 Å². The van der Waals surface area contributed by atoms with Gasteiger partial charge in [-0.15, -0.1) is 13.2 Å². The van der Waals surface area contributed by atoms with E-state index in [-0.39, 0.29) is 24.3 Å². The highest BCUT2D eigenvalue weighted by Crippen LogP contribution is 2.36. The number of carboxylic acid groups (broad SMARTS) is 1. The number of halogens is 3. The van der Waals surface area contributed by atoms with E-state index in [0.717, 1.165) is 6.07 Å². The zero-order valence-electron chi connectivity index (χ0n) is 16.9. The average Bonchev–Trinajstić information content (AvgIpc) is 2.61. The van der Waals surface area contributed by atoms with Gasteiger partial charge in [-0.3, -0.25) is 14.4 Å². The summed E-state index contributed by atoms with van der Waals surface area (Å²) in [5.41, 5.74) is -1.38. The molecule has 0 radical (unpaired) electrons. The van der Waals surface area contributed by atoms with Crippen molar-refractivity contribution in [3.05, 3.63) is 35.1 Å². The van der Waals surface area contributed by atoms with Gasteiger partial charge in [0.2, 0.25) is 0 Å². The van der Waals surface area contributed by atoms with Crippen molar-refractivity contribution in [2.24, 2.45) is 0 Å². The number of aliphatic hydroxyl groups excluding tert-OH is 1. The van der Waals surface area contributed by atoms with Crippen LogP contribution in [0.4, 0.5) is 13.2 Å². The summed E-state index contributed by atoms with van der Waals surface area (Å²) >= 11 is 0. The number of benzene rings is 1. The third kappa shape index (κ3) is 5.80.